The summed E-state index contributed by atoms with van der Waals surface area (Å²) in [4.78, 5) is 20.6. The number of hydrogen-bond donors (Lipinski definition) is 2. The van der Waals surface area contributed by atoms with E-state index in [1.165, 1.54) is 0 Å². The highest BCUT2D eigenvalue weighted by atomic mass is 35.5. The summed E-state index contributed by atoms with van der Waals surface area (Å²) in [5.74, 6) is 1.10. The van der Waals surface area contributed by atoms with Crippen LogP contribution in [0.25, 0.3) is 22.4 Å². The van der Waals surface area contributed by atoms with Crippen molar-refractivity contribution in [3.63, 3.8) is 0 Å². The molecule has 1 atom stereocenters. The minimum atomic E-state index is -0.978. The summed E-state index contributed by atoms with van der Waals surface area (Å²) in [7, 11) is -0.978. The van der Waals surface area contributed by atoms with Crippen LogP contribution >= 0.6 is 11.6 Å². The Labute approximate surface area is 186 Å². The van der Waals surface area contributed by atoms with Gasteiger partial charge in [-0.05, 0) is 61.0 Å². The van der Waals surface area contributed by atoms with Crippen LogP contribution in [0.1, 0.15) is 16.8 Å². The largest absolute Gasteiger partial charge is 0.338 e. The molecule has 1 amide bonds. The number of fused-ring (bicyclic) bond motifs is 1. The molecular formula is C23H19ClN4O2S. The van der Waals surface area contributed by atoms with E-state index in [0.29, 0.717) is 33.4 Å². The monoisotopic (exact) mass is 450 g/mol. The molecule has 0 bridgehead atoms. The lowest BCUT2D eigenvalue weighted by atomic mass is 10.1. The zero-order valence-electron chi connectivity index (χ0n) is 16.5. The van der Waals surface area contributed by atoms with Gasteiger partial charge >= 0.3 is 0 Å². The van der Waals surface area contributed by atoms with Crippen LogP contribution in [0.4, 0.5) is 11.4 Å². The maximum absolute atomic E-state index is 12.7. The molecule has 6 nitrogen and oxygen atoms in total. The summed E-state index contributed by atoms with van der Waals surface area (Å²) < 4.78 is 13.9. The van der Waals surface area contributed by atoms with Crippen LogP contribution in [0.3, 0.4) is 0 Å². The van der Waals surface area contributed by atoms with Crippen LogP contribution in [0.5, 0.6) is 0 Å². The van der Waals surface area contributed by atoms with Crippen molar-refractivity contribution >= 4 is 50.9 Å². The number of nitrogens with one attached hydrogen (secondary N) is 2. The smallest absolute Gasteiger partial charge is 0.255 e. The Bertz CT molecular complexity index is 1270. The SMILES string of the molecule is O=C(Nc1ccc(Cl)c(-c2nc3ccccc3[nH]2)c1)c1ccc(N2CCCS2=O)cc1. The van der Waals surface area contributed by atoms with Crippen LogP contribution in [0.15, 0.2) is 66.7 Å². The Morgan fingerprint density at radius 1 is 1.10 bits per heavy atom. The van der Waals surface area contributed by atoms with Gasteiger partial charge in [0.05, 0.1) is 16.1 Å². The molecule has 2 heterocycles. The van der Waals surface area contributed by atoms with E-state index in [0.717, 1.165) is 29.7 Å². The third-order valence-corrected chi connectivity index (χ3v) is 7.06. The van der Waals surface area contributed by atoms with Gasteiger partial charge in [0.15, 0.2) is 0 Å². The van der Waals surface area contributed by atoms with Gasteiger partial charge < -0.3 is 10.3 Å². The second-order valence-electron chi connectivity index (χ2n) is 7.28. The fourth-order valence-corrected chi connectivity index (χ4v) is 5.13. The predicted octanol–water partition coefficient (Wildman–Crippen LogP) is 5.01. The fraction of sp³-hybridized carbons (Fsp3) is 0.130. The van der Waals surface area contributed by atoms with E-state index in [1.54, 1.807) is 30.3 Å². The Balaban J connectivity index is 1.37. The van der Waals surface area contributed by atoms with Crippen LogP contribution in [0.2, 0.25) is 5.02 Å². The van der Waals surface area contributed by atoms with Crippen molar-refractivity contribution < 1.29 is 9.00 Å². The number of hydrogen-bond acceptors (Lipinski definition) is 3. The molecule has 4 aromatic rings. The summed E-state index contributed by atoms with van der Waals surface area (Å²) >= 11 is 6.40. The average Bonchev–Trinajstić information content (AvgIpc) is 3.41. The fourth-order valence-electron chi connectivity index (χ4n) is 3.64. The van der Waals surface area contributed by atoms with Gasteiger partial charge in [0.2, 0.25) is 0 Å². The number of anilines is 2. The third kappa shape index (κ3) is 3.94. The molecular weight excluding hydrogens is 432 g/mol. The number of carbonyl (C=O) groups excluding carboxylic acids is 1. The molecule has 0 spiro atoms. The molecule has 156 valence electrons. The Morgan fingerprint density at radius 3 is 2.65 bits per heavy atom. The van der Waals surface area contributed by atoms with Gasteiger partial charge in [-0.25, -0.2) is 9.19 Å². The number of benzene rings is 3. The highest BCUT2D eigenvalue weighted by molar-refractivity contribution is 7.86. The zero-order chi connectivity index (χ0) is 21.4. The first kappa shape index (κ1) is 19.8. The number of amides is 1. The topological polar surface area (TPSA) is 78.1 Å². The van der Waals surface area contributed by atoms with Crippen LogP contribution in [-0.2, 0) is 11.0 Å². The van der Waals surface area contributed by atoms with Gasteiger partial charge in [0.1, 0.15) is 16.8 Å². The molecule has 2 N–H and O–H groups in total. The van der Waals surface area contributed by atoms with E-state index in [9.17, 15) is 9.00 Å². The highest BCUT2D eigenvalue weighted by Gasteiger charge is 2.20. The van der Waals surface area contributed by atoms with Crippen LogP contribution < -0.4 is 9.62 Å². The molecule has 0 aliphatic carbocycles. The first-order chi connectivity index (χ1) is 15.1. The van der Waals surface area contributed by atoms with E-state index in [1.807, 2.05) is 40.7 Å². The molecule has 1 unspecified atom stereocenters. The van der Waals surface area contributed by atoms with Crippen molar-refractivity contribution in [1.82, 2.24) is 9.97 Å². The third-order valence-electron chi connectivity index (χ3n) is 5.21. The second kappa shape index (κ2) is 8.17. The van der Waals surface area contributed by atoms with Crippen LogP contribution in [-0.4, -0.2) is 32.4 Å². The molecule has 1 aliphatic rings. The average molecular weight is 451 g/mol. The number of halogens is 1. The minimum absolute atomic E-state index is 0.230. The zero-order valence-corrected chi connectivity index (χ0v) is 18.0. The molecule has 5 rings (SSSR count). The van der Waals surface area contributed by atoms with Gasteiger partial charge in [-0.1, -0.05) is 23.7 Å². The quantitative estimate of drug-likeness (QED) is 0.458. The molecule has 0 radical (unpaired) electrons. The number of para-hydroxylation sites is 2. The lowest BCUT2D eigenvalue weighted by Gasteiger charge is -2.16. The van der Waals surface area contributed by atoms with Gasteiger partial charge in [0, 0.05) is 34.8 Å². The summed E-state index contributed by atoms with van der Waals surface area (Å²) in [5, 5.41) is 3.46. The molecule has 1 aromatic heterocycles. The van der Waals surface area contributed by atoms with E-state index >= 15 is 0 Å². The Kier molecular flexibility index (Phi) is 5.21. The molecule has 31 heavy (non-hydrogen) atoms. The van der Waals surface area contributed by atoms with Crippen molar-refractivity contribution in [1.29, 1.82) is 0 Å². The summed E-state index contributed by atoms with van der Waals surface area (Å²) in [6, 6.07) is 20.2. The first-order valence-corrected chi connectivity index (χ1v) is 11.6. The Hall–Kier alpha value is -3.16. The van der Waals surface area contributed by atoms with Crippen LogP contribution in [0, 0.1) is 0 Å². The van der Waals surface area contributed by atoms with Crippen molar-refractivity contribution in [3.05, 3.63) is 77.3 Å². The lowest BCUT2D eigenvalue weighted by molar-refractivity contribution is 0.102. The molecule has 1 saturated heterocycles. The number of aromatic amines is 1. The van der Waals surface area contributed by atoms with Gasteiger partial charge in [0.25, 0.3) is 5.91 Å². The predicted molar refractivity (Wildman–Crippen MR) is 126 cm³/mol. The summed E-state index contributed by atoms with van der Waals surface area (Å²) in [6.45, 7) is 0.771. The molecule has 8 heteroatoms. The summed E-state index contributed by atoms with van der Waals surface area (Å²) in [5.41, 5.74) is 4.49. The number of aromatic nitrogens is 2. The maximum Gasteiger partial charge on any atom is 0.255 e. The van der Waals surface area contributed by atoms with Crippen molar-refractivity contribution in [2.24, 2.45) is 0 Å². The van der Waals surface area contributed by atoms with Crippen molar-refractivity contribution in [3.8, 4) is 11.4 Å². The number of nitrogens with zero attached hydrogens (tertiary/aromatic N) is 2. The molecule has 0 saturated carbocycles. The number of rotatable bonds is 4. The molecule has 1 fully saturated rings. The van der Waals surface area contributed by atoms with Gasteiger partial charge in [-0.3, -0.25) is 9.10 Å². The van der Waals surface area contributed by atoms with E-state index in [2.05, 4.69) is 15.3 Å². The van der Waals surface area contributed by atoms with Gasteiger partial charge in [-0.15, -0.1) is 0 Å². The maximum atomic E-state index is 12.7. The standard InChI is InChI=1S/C23H19ClN4O2S/c24-19-11-8-16(14-18(19)22-26-20-4-1-2-5-21(20)27-22)25-23(29)15-6-9-17(10-7-15)28-12-3-13-31(28)30/h1-2,4-11,14H,3,12-13H2,(H,25,29)(H,26,27). The van der Waals surface area contributed by atoms with Crippen molar-refractivity contribution in [2.75, 3.05) is 21.9 Å². The van der Waals surface area contributed by atoms with E-state index in [4.69, 9.17) is 11.6 Å². The molecule has 3 aromatic carbocycles. The first-order valence-electron chi connectivity index (χ1n) is 9.90. The number of carbonyl (C=O) groups is 1. The molecule has 1 aliphatic heterocycles. The van der Waals surface area contributed by atoms with Gasteiger partial charge in [-0.2, -0.15) is 0 Å². The highest BCUT2D eigenvalue weighted by Crippen LogP contribution is 2.30. The van der Waals surface area contributed by atoms with E-state index < -0.39 is 11.0 Å². The lowest BCUT2D eigenvalue weighted by Crippen LogP contribution is -2.19. The summed E-state index contributed by atoms with van der Waals surface area (Å²) in [6.07, 6.45) is 0.916. The number of H-pyrrole nitrogens is 1. The number of imidazole rings is 1. The van der Waals surface area contributed by atoms with Crippen molar-refractivity contribution in [2.45, 2.75) is 6.42 Å². The minimum Gasteiger partial charge on any atom is -0.338 e. The van der Waals surface area contributed by atoms with E-state index in [-0.39, 0.29) is 5.91 Å². The second-order valence-corrected chi connectivity index (χ2v) is 9.18. The normalized spacial score (nSPS) is 16.0. The Morgan fingerprint density at radius 2 is 1.90 bits per heavy atom.